The van der Waals surface area contributed by atoms with Crippen LogP contribution in [-0.4, -0.2) is 27.3 Å². The highest BCUT2D eigenvalue weighted by atomic mass is 16.4. The molecule has 0 fully saturated rings. The minimum Gasteiger partial charge on any atom is -0.478 e. The van der Waals surface area contributed by atoms with Crippen molar-refractivity contribution >= 4 is 11.8 Å². The average Bonchev–Trinajstić information content (AvgIpc) is 2.28. The molecule has 0 aliphatic heterocycles. The van der Waals surface area contributed by atoms with Crippen molar-refractivity contribution in [2.24, 2.45) is 5.92 Å². The molecule has 1 rings (SSSR count). The van der Waals surface area contributed by atoms with Gasteiger partial charge >= 0.3 is 5.97 Å². The predicted molar refractivity (Wildman–Crippen MR) is 70.8 cm³/mol. The first kappa shape index (κ1) is 14.4. The fourth-order valence-corrected chi connectivity index (χ4v) is 1.75. The van der Waals surface area contributed by atoms with Crippen LogP contribution in [0.2, 0.25) is 0 Å². The summed E-state index contributed by atoms with van der Waals surface area (Å²) in [5.41, 5.74) is 0.167. The molecule has 1 atom stereocenters. The van der Waals surface area contributed by atoms with Gasteiger partial charge in [-0.3, -0.25) is 0 Å². The van der Waals surface area contributed by atoms with Crippen LogP contribution in [-0.2, 0) is 0 Å². The lowest BCUT2D eigenvalue weighted by molar-refractivity contribution is 0.0697. The first-order chi connectivity index (χ1) is 8.50. The lowest BCUT2D eigenvalue weighted by Crippen LogP contribution is -2.19. The van der Waals surface area contributed by atoms with Gasteiger partial charge in [-0.05, 0) is 25.3 Å². The van der Waals surface area contributed by atoms with Crippen molar-refractivity contribution in [3.8, 4) is 0 Å². The largest absolute Gasteiger partial charge is 0.478 e. The van der Waals surface area contributed by atoms with Gasteiger partial charge < -0.3 is 10.4 Å². The average molecular weight is 251 g/mol. The van der Waals surface area contributed by atoms with Gasteiger partial charge in [-0.15, -0.1) is 5.10 Å². The first-order valence-electron chi connectivity index (χ1n) is 6.32. The van der Waals surface area contributed by atoms with Crippen molar-refractivity contribution in [1.82, 2.24) is 10.2 Å². The Bertz CT molecular complexity index is 394. The second kappa shape index (κ2) is 6.93. The number of aromatic carboxylic acids is 1. The molecular formula is C13H21N3O2. The topological polar surface area (TPSA) is 75.1 Å². The molecule has 0 aliphatic carbocycles. The lowest BCUT2D eigenvalue weighted by Gasteiger charge is -2.15. The predicted octanol–water partition coefficient (Wildman–Crippen LogP) is 2.80. The van der Waals surface area contributed by atoms with E-state index in [1.165, 1.54) is 18.7 Å². The van der Waals surface area contributed by atoms with Gasteiger partial charge in [-0.25, -0.2) is 4.79 Å². The SMILES string of the molecule is CC(C)CCCC(C)Nc1nnccc1C(=O)O. The molecule has 0 radical (unpaired) electrons. The maximum Gasteiger partial charge on any atom is 0.339 e. The van der Waals surface area contributed by atoms with Gasteiger partial charge in [-0.1, -0.05) is 26.7 Å². The molecule has 0 saturated carbocycles. The Hall–Kier alpha value is -1.65. The number of hydrogen-bond acceptors (Lipinski definition) is 4. The maximum atomic E-state index is 11.0. The normalized spacial score (nSPS) is 12.4. The highest BCUT2D eigenvalue weighted by Gasteiger charge is 2.13. The van der Waals surface area contributed by atoms with E-state index in [4.69, 9.17) is 5.11 Å². The van der Waals surface area contributed by atoms with Crippen molar-refractivity contribution in [1.29, 1.82) is 0 Å². The molecule has 0 aromatic carbocycles. The van der Waals surface area contributed by atoms with Gasteiger partial charge in [0, 0.05) is 6.04 Å². The Morgan fingerprint density at radius 3 is 2.72 bits per heavy atom. The second-order valence-electron chi connectivity index (χ2n) is 4.97. The highest BCUT2D eigenvalue weighted by Crippen LogP contribution is 2.14. The number of carboxylic acids is 1. The number of nitrogens with zero attached hydrogens (tertiary/aromatic N) is 2. The van der Waals surface area contributed by atoms with E-state index in [1.54, 1.807) is 0 Å². The zero-order chi connectivity index (χ0) is 13.5. The molecule has 1 aromatic rings. The Kier molecular flexibility index (Phi) is 5.55. The summed E-state index contributed by atoms with van der Waals surface area (Å²) in [5.74, 6) is 0.0622. The smallest absolute Gasteiger partial charge is 0.339 e. The molecule has 0 spiro atoms. The number of nitrogens with one attached hydrogen (secondary N) is 1. The number of carbonyl (C=O) groups is 1. The van der Waals surface area contributed by atoms with Gasteiger partial charge in [0.2, 0.25) is 0 Å². The molecular weight excluding hydrogens is 230 g/mol. The standard InChI is InChI=1S/C13H21N3O2/c1-9(2)5-4-6-10(3)15-12-11(13(17)18)7-8-14-16-12/h7-10H,4-6H2,1-3H3,(H,15,16)(H,17,18). The van der Waals surface area contributed by atoms with Crippen molar-refractivity contribution in [2.75, 3.05) is 5.32 Å². The van der Waals surface area contributed by atoms with Crippen LogP contribution in [0, 0.1) is 5.92 Å². The summed E-state index contributed by atoms with van der Waals surface area (Å²) in [6.07, 6.45) is 4.68. The van der Waals surface area contributed by atoms with Gasteiger partial charge in [-0.2, -0.15) is 5.10 Å². The summed E-state index contributed by atoms with van der Waals surface area (Å²) in [6.45, 7) is 6.42. The van der Waals surface area contributed by atoms with E-state index in [9.17, 15) is 4.79 Å². The molecule has 1 unspecified atom stereocenters. The van der Waals surface area contributed by atoms with Crippen LogP contribution in [0.25, 0.3) is 0 Å². The lowest BCUT2D eigenvalue weighted by atomic mass is 10.0. The number of rotatable bonds is 7. The maximum absolute atomic E-state index is 11.0. The molecule has 100 valence electrons. The Morgan fingerprint density at radius 1 is 1.39 bits per heavy atom. The summed E-state index contributed by atoms with van der Waals surface area (Å²) < 4.78 is 0. The second-order valence-corrected chi connectivity index (χ2v) is 4.97. The Morgan fingerprint density at radius 2 is 2.11 bits per heavy atom. The molecule has 0 amide bonds. The summed E-state index contributed by atoms with van der Waals surface area (Å²) in [4.78, 5) is 11.0. The molecule has 0 bridgehead atoms. The highest BCUT2D eigenvalue weighted by molar-refractivity contribution is 5.92. The minimum absolute atomic E-state index is 0.167. The van der Waals surface area contributed by atoms with E-state index in [-0.39, 0.29) is 11.6 Å². The number of carboxylic acid groups (broad SMARTS) is 1. The number of aromatic nitrogens is 2. The van der Waals surface area contributed by atoms with Crippen LogP contribution >= 0.6 is 0 Å². The summed E-state index contributed by atoms with van der Waals surface area (Å²) in [6, 6.07) is 1.65. The molecule has 0 aliphatic rings. The van der Waals surface area contributed by atoms with E-state index in [1.807, 2.05) is 6.92 Å². The summed E-state index contributed by atoms with van der Waals surface area (Å²) in [7, 11) is 0. The first-order valence-corrected chi connectivity index (χ1v) is 6.32. The Balaban J connectivity index is 2.53. The van der Waals surface area contributed by atoms with Gasteiger partial charge in [0.05, 0.1) is 6.20 Å². The third-order valence-corrected chi connectivity index (χ3v) is 2.75. The van der Waals surface area contributed by atoms with Crippen molar-refractivity contribution < 1.29 is 9.90 Å². The zero-order valence-electron chi connectivity index (χ0n) is 11.2. The molecule has 18 heavy (non-hydrogen) atoms. The third kappa shape index (κ3) is 4.69. The van der Waals surface area contributed by atoms with E-state index in [2.05, 4.69) is 29.4 Å². The van der Waals surface area contributed by atoms with Crippen LogP contribution < -0.4 is 5.32 Å². The quantitative estimate of drug-likeness (QED) is 0.779. The summed E-state index contributed by atoms with van der Waals surface area (Å²) >= 11 is 0. The monoisotopic (exact) mass is 251 g/mol. The van der Waals surface area contributed by atoms with Gasteiger partial charge in [0.15, 0.2) is 5.82 Å². The number of hydrogen-bond donors (Lipinski definition) is 2. The van der Waals surface area contributed by atoms with Crippen LogP contribution in [0.3, 0.4) is 0 Å². The van der Waals surface area contributed by atoms with Crippen molar-refractivity contribution in [3.63, 3.8) is 0 Å². The number of anilines is 1. The molecule has 2 N–H and O–H groups in total. The zero-order valence-corrected chi connectivity index (χ0v) is 11.2. The molecule has 1 aromatic heterocycles. The minimum atomic E-state index is -0.984. The third-order valence-electron chi connectivity index (χ3n) is 2.75. The van der Waals surface area contributed by atoms with E-state index < -0.39 is 5.97 Å². The van der Waals surface area contributed by atoms with E-state index in [0.717, 1.165) is 12.8 Å². The van der Waals surface area contributed by atoms with E-state index >= 15 is 0 Å². The van der Waals surface area contributed by atoms with Crippen LogP contribution in [0.15, 0.2) is 12.3 Å². The summed E-state index contributed by atoms with van der Waals surface area (Å²) in [5, 5.41) is 19.7. The van der Waals surface area contributed by atoms with Gasteiger partial charge in [0.1, 0.15) is 5.56 Å². The van der Waals surface area contributed by atoms with Crippen molar-refractivity contribution in [3.05, 3.63) is 17.8 Å². The Labute approximate surface area is 108 Å². The fraction of sp³-hybridized carbons (Fsp3) is 0.615. The van der Waals surface area contributed by atoms with E-state index in [0.29, 0.717) is 11.7 Å². The van der Waals surface area contributed by atoms with Gasteiger partial charge in [0.25, 0.3) is 0 Å². The van der Waals surface area contributed by atoms with Crippen LogP contribution in [0.5, 0.6) is 0 Å². The van der Waals surface area contributed by atoms with Crippen LogP contribution in [0.4, 0.5) is 5.82 Å². The van der Waals surface area contributed by atoms with Crippen molar-refractivity contribution in [2.45, 2.75) is 46.1 Å². The fourth-order valence-electron chi connectivity index (χ4n) is 1.75. The molecule has 0 saturated heterocycles. The molecule has 1 heterocycles. The molecule has 5 heteroatoms. The molecule has 5 nitrogen and oxygen atoms in total. The van der Waals surface area contributed by atoms with Crippen LogP contribution in [0.1, 0.15) is 50.4 Å².